The van der Waals surface area contributed by atoms with Gasteiger partial charge in [0.2, 0.25) is 5.88 Å². The lowest BCUT2D eigenvalue weighted by Gasteiger charge is -2.42. The van der Waals surface area contributed by atoms with Gasteiger partial charge in [0.05, 0.1) is 24.1 Å². The fraction of sp³-hybridized carbons (Fsp3) is 0.550. The number of hydrogen-bond acceptors (Lipinski definition) is 6. The van der Waals surface area contributed by atoms with E-state index in [0.29, 0.717) is 42.7 Å². The van der Waals surface area contributed by atoms with Crippen molar-refractivity contribution in [3.8, 4) is 5.88 Å². The summed E-state index contributed by atoms with van der Waals surface area (Å²) in [5, 5.41) is 1.09. The number of halogens is 1. The molecule has 0 aliphatic carbocycles. The van der Waals surface area contributed by atoms with Crippen LogP contribution in [-0.4, -0.2) is 58.5 Å². The van der Waals surface area contributed by atoms with Crippen LogP contribution >= 0.6 is 11.6 Å². The molecule has 0 unspecified atom stereocenters. The number of pyridine rings is 2. The number of carbonyl (C=O) groups is 1. The van der Waals surface area contributed by atoms with Crippen LogP contribution in [0.1, 0.15) is 34.1 Å². The summed E-state index contributed by atoms with van der Waals surface area (Å²) in [6.07, 6.45) is 2.02. The molecular formula is C20H26ClN3O4. The predicted molar refractivity (Wildman–Crippen MR) is 107 cm³/mol. The van der Waals surface area contributed by atoms with E-state index in [0.717, 1.165) is 5.39 Å². The average molecular weight is 408 g/mol. The van der Waals surface area contributed by atoms with Gasteiger partial charge in [0, 0.05) is 18.8 Å². The van der Waals surface area contributed by atoms with Crippen molar-refractivity contribution < 1.29 is 19.0 Å². The average Bonchev–Trinajstić information content (AvgIpc) is 2.65. The fourth-order valence-corrected chi connectivity index (χ4v) is 3.24. The van der Waals surface area contributed by atoms with E-state index in [1.165, 1.54) is 0 Å². The van der Waals surface area contributed by atoms with E-state index in [9.17, 15) is 4.79 Å². The maximum atomic E-state index is 12.5. The molecule has 0 N–H and O–H groups in total. The molecule has 0 saturated carbocycles. The Hall–Kier alpha value is -2.12. The standard InChI is InChI=1S/C20H26ClN3O4/c1-5-20(12-24(9-10-27-20)18(25)28-19(2,3)4)13-26-17-14-7-6-8-22-15(14)11-16(21)23-17/h6-8,11H,5,9-10,12-13H2,1-4H3/t20-/m0/s1. The number of nitrogens with zero attached hydrogens (tertiary/aromatic N) is 3. The van der Waals surface area contributed by atoms with E-state index < -0.39 is 11.2 Å². The molecule has 1 amide bonds. The van der Waals surface area contributed by atoms with E-state index in [-0.39, 0.29) is 12.7 Å². The molecule has 8 heteroatoms. The molecule has 1 saturated heterocycles. The molecule has 7 nitrogen and oxygen atoms in total. The van der Waals surface area contributed by atoms with Gasteiger partial charge in [-0.1, -0.05) is 18.5 Å². The molecule has 3 heterocycles. The normalized spacial score (nSPS) is 20.2. The maximum Gasteiger partial charge on any atom is 0.410 e. The minimum atomic E-state index is -0.645. The van der Waals surface area contributed by atoms with Crippen molar-refractivity contribution in [3.05, 3.63) is 29.5 Å². The van der Waals surface area contributed by atoms with Gasteiger partial charge in [-0.25, -0.2) is 9.78 Å². The number of rotatable bonds is 4. The molecule has 0 aromatic carbocycles. The van der Waals surface area contributed by atoms with Gasteiger partial charge in [-0.05, 0) is 39.3 Å². The molecule has 152 valence electrons. The Kier molecular flexibility index (Phi) is 5.95. The molecule has 2 aromatic heterocycles. The number of carbonyl (C=O) groups excluding carboxylic acids is 1. The molecule has 2 aromatic rings. The van der Waals surface area contributed by atoms with Crippen LogP contribution in [0.4, 0.5) is 4.79 Å². The summed E-state index contributed by atoms with van der Waals surface area (Å²) in [5.41, 5.74) is -0.478. The number of aromatic nitrogens is 2. The van der Waals surface area contributed by atoms with Crippen molar-refractivity contribution in [2.45, 2.75) is 45.3 Å². The van der Waals surface area contributed by atoms with Gasteiger partial charge in [-0.3, -0.25) is 4.98 Å². The SMILES string of the molecule is CC[C@@]1(COc2nc(Cl)cc3ncccc23)CN(C(=O)OC(C)(C)C)CCO1. The highest BCUT2D eigenvalue weighted by Crippen LogP contribution is 2.29. The van der Waals surface area contributed by atoms with Crippen LogP contribution in [0.25, 0.3) is 10.9 Å². The third-order valence-corrected chi connectivity index (χ3v) is 4.74. The lowest BCUT2D eigenvalue weighted by Crippen LogP contribution is -2.57. The van der Waals surface area contributed by atoms with Gasteiger partial charge in [0.25, 0.3) is 0 Å². The van der Waals surface area contributed by atoms with Gasteiger partial charge in [0.1, 0.15) is 23.0 Å². The minimum Gasteiger partial charge on any atom is -0.474 e. The number of ether oxygens (including phenoxy) is 3. The van der Waals surface area contributed by atoms with Crippen molar-refractivity contribution >= 4 is 28.6 Å². The second-order valence-electron chi connectivity index (χ2n) is 7.90. The Morgan fingerprint density at radius 1 is 1.43 bits per heavy atom. The molecule has 1 fully saturated rings. The summed E-state index contributed by atoms with van der Waals surface area (Å²) >= 11 is 6.11. The first kappa shape index (κ1) is 20.6. The van der Waals surface area contributed by atoms with Crippen LogP contribution in [0, 0.1) is 0 Å². The summed E-state index contributed by atoms with van der Waals surface area (Å²) in [5.74, 6) is 0.404. The van der Waals surface area contributed by atoms with Crippen LogP contribution in [0.3, 0.4) is 0 Å². The smallest absolute Gasteiger partial charge is 0.410 e. The van der Waals surface area contributed by atoms with Gasteiger partial charge in [-0.15, -0.1) is 0 Å². The number of hydrogen-bond donors (Lipinski definition) is 0. The fourth-order valence-electron chi connectivity index (χ4n) is 3.06. The summed E-state index contributed by atoms with van der Waals surface area (Å²) in [4.78, 5) is 22.7. The number of fused-ring (bicyclic) bond motifs is 1. The van der Waals surface area contributed by atoms with E-state index in [1.807, 2.05) is 39.8 Å². The highest BCUT2D eigenvalue weighted by molar-refractivity contribution is 6.30. The van der Waals surface area contributed by atoms with Crippen LogP contribution in [0.5, 0.6) is 5.88 Å². The lowest BCUT2D eigenvalue weighted by atomic mass is 9.99. The Morgan fingerprint density at radius 3 is 2.93 bits per heavy atom. The topological polar surface area (TPSA) is 73.8 Å². The van der Waals surface area contributed by atoms with Crippen molar-refractivity contribution in [2.75, 3.05) is 26.3 Å². The molecular weight excluding hydrogens is 382 g/mol. The van der Waals surface area contributed by atoms with Gasteiger partial charge < -0.3 is 19.1 Å². The third kappa shape index (κ3) is 4.83. The molecule has 0 radical (unpaired) electrons. The molecule has 1 atom stereocenters. The van der Waals surface area contributed by atoms with Gasteiger partial charge in [0.15, 0.2) is 0 Å². The van der Waals surface area contributed by atoms with Crippen molar-refractivity contribution in [3.63, 3.8) is 0 Å². The third-order valence-electron chi connectivity index (χ3n) is 4.55. The van der Waals surface area contributed by atoms with Crippen LogP contribution in [-0.2, 0) is 9.47 Å². The zero-order valence-electron chi connectivity index (χ0n) is 16.7. The first-order valence-electron chi connectivity index (χ1n) is 9.37. The van der Waals surface area contributed by atoms with Crippen LogP contribution in [0.2, 0.25) is 5.15 Å². The highest BCUT2D eigenvalue weighted by Gasteiger charge is 2.39. The number of morpholine rings is 1. The maximum absolute atomic E-state index is 12.5. The molecule has 28 heavy (non-hydrogen) atoms. The van der Waals surface area contributed by atoms with E-state index in [1.54, 1.807) is 17.2 Å². The van der Waals surface area contributed by atoms with Crippen LogP contribution < -0.4 is 4.74 Å². The number of amides is 1. The second kappa shape index (κ2) is 8.09. The summed E-state index contributed by atoms with van der Waals surface area (Å²) < 4.78 is 17.6. The van der Waals surface area contributed by atoms with Crippen molar-refractivity contribution in [1.82, 2.24) is 14.9 Å². The monoisotopic (exact) mass is 407 g/mol. The molecule has 1 aliphatic rings. The Balaban J connectivity index is 1.76. The van der Waals surface area contributed by atoms with E-state index in [4.69, 9.17) is 25.8 Å². The van der Waals surface area contributed by atoms with Crippen molar-refractivity contribution in [1.29, 1.82) is 0 Å². The van der Waals surface area contributed by atoms with Crippen molar-refractivity contribution in [2.24, 2.45) is 0 Å². The predicted octanol–water partition coefficient (Wildman–Crippen LogP) is 4.08. The zero-order valence-corrected chi connectivity index (χ0v) is 17.5. The lowest BCUT2D eigenvalue weighted by molar-refractivity contribution is -0.128. The first-order valence-corrected chi connectivity index (χ1v) is 9.75. The van der Waals surface area contributed by atoms with E-state index in [2.05, 4.69) is 9.97 Å². The highest BCUT2D eigenvalue weighted by atomic mass is 35.5. The summed E-state index contributed by atoms with van der Waals surface area (Å²) in [6, 6.07) is 5.40. The quantitative estimate of drug-likeness (QED) is 0.711. The molecule has 3 rings (SSSR count). The summed E-state index contributed by atoms with van der Waals surface area (Å²) in [6.45, 7) is 9.09. The van der Waals surface area contributed by atoms with Crippen LogP contribution in [0.15, 0.2) is 24.4 Å². The zero-order chi connectivity index (χ0) is 20.4. The largest absolute Gasteiger partial charge is 0.474 e. The first-order chi connectivity index (χ1) is 13.2. The molecule has 0 bridgehead atoms. The Bertz CT molecular complexity index is 855. The van der Waals surface area contributed by atoms with Gasteiger partial charge >= 0.3 is 6.09 Å². The Labute approximate surface area is 169 Å². The minimum absolute atomic E-state index is 0.236. The summed E-state index contributed by atoms with van der Waals surface area (Å²) in [7, 11) is 0. The Morgan fingerprint density at radius 2 is 2.21 bits per heavy atom. The molecule has 1 aliphatic heterocycles. The van der Waals surface area contributed by atoms with E-state index >= 15 is 0 Å². The second-order valence-corrected chi connectivity index (χ2v) is 8.28. The van der Waals surface area contributed by atoms with Gasteiger partial charge in [-0.2, -0.15) is 0 Å². The molecule has 0 spiro atoms.